The Morgan fingerprint density at radius 2 is 2.31 bits per heavy atom. The molecule has 0 amide bonds. The second-order valence-electron chi connectivity index (χ2n) is 2.96. The van der Waals surface area contributed by atoms with Crippen molar-refractivity contribution in [2.75, 3.05) is 0 Å². The van der Waals surface area contributed by atoms with Crippen molar-refractivity contribution in [3.8, 4) is 5.75 Å². The molecule has 0 unspecified atom stereocenters. The van der Waals surface area contributed by atoms with Crippen LogP contribution in [0.3, 0.4) is 0 Å². The summed E-state index contributed by atoms with van der Waals surface area (Å²) < 4.78 is 22.4. The molecule has 0 saturated heterocycles. The molecule has 0 fully saturated rings. The lowest BCUT2D eigenvalue weighted by Gasteiger charge is -2.06. The molecule has 0 saturated carbocycles. The fourth-order valence-electron chi connectivity index (χ4n) is 0.969. The maximum atomic E-state index is 10.7. The molecule has 0 heterocycles. The van der Waals surface area contributed by atoms with Crippen LogP contribution in [0.25, 0.3) is 0 Å². The highest BCUT2D eigenvalue weighted by molar-refractivity contribution is 5.73. The van der Waals surface area contributed by atoms with Gasteiger partial charge < -0.3 is 15.9 Å². The van der Waals surface area contributed by atoms with E-state index < -0.39 is 52.9 Å². The third kappa shape index (κ3) is 2.67. The molecule has 0 aliphatic heterocycles. The predicted molar refractivity (Wildman–Crippen MR) is 54.1 cm³/mol. The van der Waals surface area contributed by atoms with Crippen LogP contribution in [-0.4, -0.2) is 27.1 Å². The number of nitro benzene ring substituents is 1. The molecule has 1 atom stereocenters. The first kappa shape index (κ1) is 8.05. The number of nitro groups is 1. The molecule has 0 aromatic heterocycles. The van der Waals surface area contributed by atoms with Crippen LogP contribution in [0.5, 0.6) is 5.75 Å². The van der Waals surface area contributed by atoms with Crippen LogP contribution < -0.4 is 5.73 Å². The van der Waals surface area contributed by atoms with Gasteiger partial charge in [-0.3, -0.25) is 14.9 Å². The lowest BCUT2D eigenvalue weighted by molar-refractivity contribution is -0.385. The summed E-state index contributed by atoms with van der Waals surface area (Å²) in [6.07, 6.45) is -0.514. The maximum absolute atomic E-state index is 10.7. The number of phenols is 1. The van der Waals surface area contributed by atoms with Crippen LogP contribution in [0.15, 0.2) is 18.1 Å². The normalized spacial score (nSPS) is 14.7. The van der Waals surface area contributed by atoms with Gasteiger partial charge in [0, 0.05) is 6.04 Å². The van der Waals surface area contributed by atoms with E-state index in [-0.39, 0.29) is 5.56 Å². The van der Waals surface area contributed by atoms with Gasteiger partial charge in [-0.1, -0.05) is 6.04 Å². The summed E-state index contributed by atoms with van der Waals surface area (Å²) in [5.74, 6) is -2.49. The molecule has 1 rings (SSSR count). The van der Waals surface area contributed by atoms with Gasteiger partial charge in [-0.05, 0) is 18.0 Å². The van der Waals surface area contributed by atoms with Crippen molar-refractivity contribution in [3.63, 3.8) is 0 Å². The number of aliphatic carboxylic acids is 1. The monoisotopic (exact) mass is 229 g/mol. The van der Waals surface area contributed by atoms with Crippen LogP contribution >= 0.6 is 0 Å². The van der Waals surface area contributed by atoms with Crippen molar-refractivity contribution in [2.24, 2.45) is 5.73 Å². The molecule has 0 spiro atoms. The Morgan fingerprint density at radius 3 is 2.81 bits per heavy atom. The minimum absolute atomic E-state index is 0.357. The standard InChI is InChI=1S/C9H10N2O5/c10-6(9(13)14)3-5-1-2-8(12)7(4-5)11(15)16/h1-2,4,6,12H,3,10H2,(H,13,14)/t6-/m0/s1/i1D,2D,4D. The van der Waals surface area contributed by atoms with Gasteiger partial charge in [-0.25, -0.2) is 0 Å². The van der Waals surface area contributed by atoms with Crippen LogP contribution in [0.2, 0.25) is 0 Å². The molecule has 86 valence electrons. The first-order valence-corrected chi connectivity index (χ1v) is 4.12. The van der Waals surface area contributed by atoms with Crippen LogP contribution in [0.1, 0.15) is 9.68 Å². The maximum Gasteiger partial charge on any atom is 0.320 e. The number of nitrogens with two attached hydrogens (primary N) is 1. The van der Waals surface area contributed by atoms with E-state index in [0.29, 0.717) is 0 Å². The summed E-state index contributed by atoms with van der Waals surface area (Å²) >= 11 is 0. The van der Waals surface area contributed by atoms with E-state index in [2.05, 4.69) is 0 Å². The number of phenolic OH excluding ortho intramolecular Hbond substituents is 1. The summed E-state index contributed by atoms with van der Waals surface area (Å²) in [7, 11) is 0. The highest BCUT2D eigenvalue weighted by atomic mass is 16.6. The van der Waals surface area contributed by atoms with E-state index in [0.717, 1.165) is 0 Å². The van der Waals surface area contributed by atoms with E-state index in [9.17, 15) is 20.0 Å². The van der Waals surface area contributed by atoms with E-state index in [1.165, 1.54) is 0 Å². The SMILES string of the molecule is [2H]c1c([2H])c(C[C@H](N)C(=O)O)c([2H])c([N+](=O)[O-])c1O. The van der Waals surface area contributed by atoms with Gasteiger partial charge in [0.2, 0.25) is 0 Å². The topological polar surface area (TPSA) is 127 Å². The van der Waals surface area contributed by atoms with Gasteiger partial charge >= 0.3 is 11.7 Å². The Bertz CT molecular complexity index is 564. The molecule has 1 aromatic rings. The van der Waals surface area contributed by atoms with Crippen molar-refractivity contribution >= 4 is 11.7 Å². The first-order chi connectivity index (χ1) is 8.68. The Labute approximate surface area is 94.5 Å². The van der Waals surface area contributed by atoms with Gasteiger partial charge in [0.25, 0.3) is 0 Å². The van der Waals surface area contributed by atoms with Crippen LogP contribution in [0.4, 0.5) is 5.69 Å². The zero-order valence-corrected chi connectivity index (χ0v) is 7.93. The van der Waals surface area contributed by atoms with E-state index in [4.69, 9.17) is 15.0 Å². The van der Waals surface area contributed by atoms with E-state index in [1.807, 2.05) is 0 Å². The molecule has 0 radical (unpaired) electrons. The largest absolute Gasteiger partial charge is 0.502 e. The highest BCUT2D eigenvalue weighted by Crippen LogP contribution is 2.26. The molecule has 0 aliphatic carbocycles. The second-order valence-corrected chi connectivity index (χ2v) is 2.96. The summed E-state index contributed by atoms with van der Waals surface area (Å²) in [5, 5.41) is 28.7. The molecule has 4 N–H and O–H groups in total. The number of benzene rings is 1. The molecule has 16 heavy (non-hydrogen) atoms. The van der Waals surface area contributed by atoms with E-state index in [1.54, 1.807) is 0 Å². The molecule has 7 heteroatoms. The van der Waals surface area contributed by atoms with Crippen molar-refractivity contribution < 1.29 is 24.0 Å². The quantitative estimate of drug-likeness (QED) is 0.501. The minimum Gasteiger partial charge on any atom is -0.502 e. The Kier molecular flexibility index (Phi) is 2.31. The summed E-state index contributed by atoms with van der Waals surface area (Å²) in [5.41, 5.74) is 3.85. The Hall–Kier alpha value is -2.15. The zero-order chi connectivity index (χ0) is 14.9. The number of rotatable bonds is 4. The zero-order valence-electron chi connectivity index (χ0n) is 10.9. The number of nitrogens with zero attached hydrogens (tertiary/aromatic N) is 1. The summed E-state index contributed by atoms with van der Waals surface area (Å²) in [4.78, 5) is 20.3. The van der Waals surface area contributed by atoms with E-state index >= 15 is 0 Å². The molecular weight excluding hydrogens is 216 g/mol. The van der Waals surface area contributed by atoms with Gasteiger partial charge in [-0.15, -0.1) is 0 Å². The third-order valence-electron chi connectivity index (χ3n) is 1.75. The van der Waals surface area contributed by atoms with Gasteiger partial charge in [0.15, 0.2) is 5.75 Å². The lowest BCUT2D eigenvalue weighted by atomic mass is 10.1. The number of aromatic hydroxyl groups is 1. The number of carboxylic acid groups (broad SMARTS) is 1. The number of hydrogen-bond acceptors (Lipinski definition) is 5. The molecular formula is C9H10N2O5. The number of carbonyl (C=O) groups is 1. The smallest absolute Gasteiger partial charge is 0.320 e. The lowest BCUT2D eigenvalue weighted by Crippen LogP contribution is -2.32. The van der Waals surface area contributed by atoms with Crippen molar-refractivity contribution in [1.29, 1.82) is 0 Å². The van der Waals surface area contributed by atoms with Crippen molar-refractivity contribution in [3.05, 3.63) is 33.8 Å². The fourth-order valence-corrected chi connectivity index (χ4v) is 0.969. The Balaban J connectivity index is 3.48. The van der Waals surface area contributed by atoms with Gasteiger partial charge in [-0.2, -0.15) is 0 Å². The molecule has 0 bridgehead atoms. The second kappa shape index (κ2) is 4.58. The van der Waals surface area contributed by atoms with Gasteiger partial charge in [0.1, 0.15) is 6.04 Å². The molecule has 7 nitrogen and oxygen atoms in total. The Morgan fingerprint density at radius 1 is 1.69 bits per heavy atom. The highest BCUT2D eigenvalue weighted by Gasteiger charge is 2.17. The minimum atomic E-state index is -1.46. The first-order valence-electron chi connectivity index (χ1n) is 5.62. The molecule has 1 aromatic carbocycles. The van der Waals surface area contributed by atoms with Crippen molar-refractivity contribution in [2.45, 2.75) is 12.5 Å². The summed E-state index contributed by atoms with van der Waals surface area (Å²) in [6, 6.07) is -3.75. The van der Waals surface area contributed by atoms with Crippen molar-refractivity contribution in [1.82, 2.24) is 0 Å². The van der Waals surface area contributed by atoms with Gasteiger partial charge in [0.05, 0.1) is 9.04 Å². The average Bonchev–Trinajstić information content (AvgIpc) is 2.31. The summed E-state index contributed by atoms with van der Waals surface area (Å²) in [6.45, 7) is 0. The number of carboxylic acids is 1. The van der Waals surface area contributed by atoms with Crippen LogP contribution in [0, 0.1) is 10.1 Å². The predicted octanol–water partition coefficient (Wildman–Crippen LogP) is 0.255. The third-order valence-corrected chi connectivity index (χ3v) is 1.75. The van der Waals surface area contributed by atoms with Crippen LogP contribution in [-0.2, 0) is 11.2 Å². The molecule has 0 aliphatic rings. The fraction of sp³-hybridized carbons (Fsp3) is 0.222. The number of hydrogen-bond donors (Lipinski definition) is 3. The average molecular weight is 229 g/mol.